The number of H-pyrrole nitrogens is 1. The summed E-state index contributed by atoms with van der Waals surface area (Å²) in [7, 11) is 1.65. The van der Waals surface area contributed by atoms with Crippen LogP contribution in [0, 0.1) is 6.92 Å². The maximum absolute atomic E-state index is 5.50. The summed E-state index contributed by atoms with van der Waals surface area (Å²) in [6, 6.07) is 20.1. The molecular weight excluding hydrogens is 370 g/mol. The van der Waals surface area contributed by atoms with E-state index in [0.29, 0.717) is 5.75 Å². The van der Waals surface area contributed by atoms with Gasteiger partial charge < -0.3 is 14.2 Å². The Bertz CT molecular complexity index is 1060. The number of hydrogen-bond acceptors (Lipinski definition) is 5. The number of imidazole rings is 1. The highest BCUT2D eigenvalue weighted by Gasteiger charge is 2.13. The molecule has 0 saturated heterocycles. The van der Waals surface area contributed by atoms with Crippen molar-refractivity contribution in [2.24, 2.45) is 0 Å². The number of hydrogen-bond donors (Lipinski definition) is 1. The Kier molecular flexibility index (Phi) is 5.48. The van der Waals surface area contributed by atoms with Crippen molar-refractivity contribution in [3.63, 3.8) is 0 Å². The van der Waals surface area contributed by atoms with Crippen LogP contribution in [0.5, 0.6) is 5.75 Å². The van der Waals surface area contributed by atoms with Gasteiger partial charge in [0.2, 0.25) is 0 Å². The van der Waals surface area contributed by atoms with Gasteiger partial charge in [-0.3, -0.25) is 0 Å². The van der Waals surface area contributed by atoms with E-state index in [0.717, 1.165) is 45.7 Å². The van der Waals surface area contributed by atoms with Crippen LogP contribution in [0.3, 0.4) is 0 Å². The van der Waals surface area contributed by atoms with E-state index in [-0.39, 0.29) is 0 Å². The predicted octanol–water partition coefficient (Wildman–Crippen LogP) is 5.26. The van der Waals surface area contributed by atoms with E-state index in [4.69, 9.17) is 14.2 Å². The lowest BCUT2D eigenvalue weighted by Crippen LogP contribution is -1.90. The molecule has 0 aliphatic heterocycles. The highest BCUT2D eigenvalue weighted by atomic mass is 32.2. The quantitative estimate of drug-likeness (QED) is 0.435. The molecule has 4 aromatic rings. The molecule has 0 aliphatic rings. The van der Waals surface area contributed by atoms with Gasteiger partial charge in [0.25, 0.3) is 0 Å². The molecule has 0 amide bonds. The van der Waals surface area contributed by atoms with Gasteiger partial charge in [0.15, 0.2) is 5.16 Å². The van der Waals surface area contributed by atoms with E-state index in [9.17, 15) is 0 Å². The van der Waals surface area contributed by atoms with E-state index in [1.807, 2.05) is 36.4 Å². The van der Waals surface area contributed by atoms with E-state index >= 15 is 0 Å². The van der Waals surface area contributed by atoms with Crippen LogP contribution in [0.1, 0.15) is 22.7 Å². The van der Waals surface area contributed by atoms with Crippen molar-refractivity contribution in [2.75, 3.05) is 7.11 Å². The largest absolute Gasteiger partial charge is 0.496 e. The van der Waals surface area contributed by atoms with Gasteiger partial charge in [-0.2, -0.15) is 0 Å². The van der Waals surface area contributed by atoms with Crippen LogP contribution in [-0.2, 0) is 12.2 Å². The van der Waals surface area contributed by atoms with Crippen LogP contribution >= 0.6 is 11.8 Å². The zero-order valence-corrected chi connectivity index (χ0v) is 16.6. The first-order chi connectivity index (χ1) is 13.7. The number of aromatic amines is 1. The first-order valence-electron chi connectivity index (χ1n) is 9.04. The number of ether oxygens (including phenoxy) is 1. The second-order valence-corrected chi connectivity index (χ2v) is 7.41. The van der Waals surface area contributed by atoms with Gasteiger partial charge in [0.05, 0.1) is 18.6 Å². The molecule has 2 aromatic heterocycles. The average Bonchev–Trinajstić information content (AvgIpc) is 3.34. The van der Waals surface area contributed by atoms with Gasteiger partial charge in [-0.1, -0.05) is 59.4 Å². The number of para-hydroxylation sites is 1. The lowest BCUT2D eigenvalue weighted by Gasteiger charge is -2.03. The van der Waals surface area contributed by atoms with Crippen molar-refractivity contribution in [2.45, 2.75) is 24.3 Å². The normalized spacial score (nSPS) is 10.9. The first-order valence-corrected chi connectivity index (χ1v) is 10.0. The fourth-order valence-electron chi connectivity index (χ4n) is 3.00. The fourth-order valence-corrected chi connectivity index (χ4v) is 3.82. The Morgan fingerprint density at radius 1 is 1.07 bits per heavy atom. The highest BCUT2D eigenvalue weighted by Crippen LogP contribution is 2.30. The van der Waals surface area contributed by atoms with Crippen LogP contribution in [0.2, 0.25) is 0 Å². The molecule has 0 aliphatic carbocycles. The van der Waals surface area contributed by atoms with Crippen LogP contribution in [0.25, 0.3) is 11.3 Å². The van der Waals surface area contributed by atoms with Gasteiger partial charge in [-0.15, -0.1) is 0 Å². The van der Waals surface area contributed by atoms with E-state index in [2.05, 4.69) is 41.3 Å². The van der Waals surface area contributed by atoms with Gasteiger partial charge in [0, 0.05) is 23.7 Å². The molecule has 6 heteroatoms. The zero-order valence-electron chi connectivity index (χ0n) is 15.8. The second-order valence-electron chi connectivity index (χ2n) is 6.44. The maximum Gasteiger partial charge on any atom is 0.166 e. The highest BCUT2D eigenvalue weighted by molar-refractivity contribution is 7.98. The predicted molar refractivity (Wildman–Crippen MR) is 111 cm³/mol. The number of nitrogens with one attached hydrogen (secondary N) is 1. The molecule has 28 heavy (non-hydrogen) atoms. The molecule has 2 heterocycles. The van der Waals surface area contributed by atoms with E-state index < -0.39 is 0 Å². The molecule has 0 fully saturated rings. The maximum atomic E-state index is 5.50. The lowest BCUT2D eigenvalue weighted by atomic mass is 10.1. The third kappa shape index (κ3) is 4.12. The molecule has 5 nitrogen and oxygen atoms in total. The Balaban J connectivity index is 1.43. The number of thioether (sulfide) groups is 1. The van der Waals surface area contributed by atoms with Gasteiger partial charge in [-0.25, -0.2) is 4.98 Å². The van der Waals surface area contributed by atoms with Crippen LogP contribution < -0.4 is 4.74 Å². The van der Waals surface area contributed by atoms with Crippen molar-refractivity contribution in [3.05, 3.63) is 83.4 Å². The monoisotopic (exact) mass is 391 g/mol. The van der Waals surface area contributed by atoms with E-state index in [1.165, 1.54) is 5.56 Å². The van der Waals surface area contributed by atoms with Crippen molar-refractivity contribution in [1.29, 1.82) is 0 Å². The standard InChI is InChI=1S/C22H21N3O2S/c1-15-19(12-16-8-4-3-5-9-16)24-22(23-15)28-14-17-13-20(25-27-17)18-10-6-7-11-21(18)26-2/h3-11,13H,12,14H2,1-2H3,(H,23,24). The molecule has 142 valence electrons. The summed E-state index contributed by atoms with van der Waals surface area (Å²) >= 11 is 1.61. The van der Waals surface area contributed by atoms with Crippen molar-refractivity contribution < 1.29 is 9.26 Å². The lowest BCUT2D eigenvalue weighted by molar-refractivity contribution is 0.395. The molecule has 0 bridgehead atoms. The Hall–Kier alpha value is -2.99. The number of aryl methyl sites for hydroxylation is 1. The minimum absolute atomic E-state index is 0.653. The molecule has 0 saturated carbocycles. The molecular formula is C22H21N3O2S. The number of methoxy groups -OCH3 is 1. The van der Waals surface area contributed by atoms with Crippen LogP contribution in [-0.4, -0.2) is 22.2 Å². The third-order valence-electron chi connectivity index (χ3n) is 4.47. The second kappa shape index (κ2) is 8.35. The van der Waals surface area contributed by atoms with Crippen LogP contribution in [0.4, 0.5) is 0 Å². The van der Waals surface area contributed by atoms with Gasteiger partial charge in [-0.05, 0) is 24.6 Å². The number of aromatic nitrogens is 3. The van der Waals surface area contributed by atoms with Crippen molar-refractivity contribution in [3.8, 4) is 17.0 Å². The topological polar surface area (TPSA) is 63.9 Å². The Labute approximate surface area is 168 Å². The van der Waals surface area contributed by atoms with E-state index in [1.54, 1.807) is 18.9 Å². The van der Waals surface area contributed by atoms with Crippen molar-refractivity contribution in [1.82, 2.24) is 15.1 Å². The summed E-state index contributed by atoms with van der Waals surface area (Å²) in [4.78, 5) is 8.10. The zero-order chi connectivity index (χ0) is 19.3. The summed E-state index contributed by atoms with van der Waals surface area (Å²) in [5, 5.41) is 5.07. The minimum atomic E-state index is 0.653. The molecule has 0 unspecified atom stereocenters. The summed E-state index contributed by atoms with van der Waals surface area (Å²) in [6.45, 7) is 2.06. The van der Waals surface area contributed by atoms with Crippen molar-refractivity contribution >= 4 is 11.8 Å². The first kappa shape index (κ1) is 18.4. The average molecular weight is 391 g/mol. The molecule has 0 radical (unpaired) electrons. The molecule has 2 aromatic carbocycles. The molecule has 0 spiro atoms. The summed E-state index contributed by atoms with van der Waals surface area (Å²) in [6.07, 6.45) is 0.823. The van der Waals surface area contributed by atoms with Gasteiger partial charge >= 0.3 is 0 Å². The molecule has 4 rings (SSSR count). The third-order valence-corrected chi connectivity index (χ3v) is 5.37. The fraction of sp³-hybridized carbons (Fsp3) is 0.182. The Morgan fingerprint density at radius 3 is 2.68 bits per heavy atom. The number of benzene rings is 2. The summed E-state index contributed by atoms with van der Waals surface area (Å²) in [5.41, 5.74) is 5.11. The number of rotatable bonds is 7. The Morgan fingerprint density at radius 2 is 1.86 bits per heavy atom. The number of nitrogens with zero attached hydrogens (tertiary/aromatic N) is 2. The molecule has 0 atom stereocenters. The smallest absolute Gasteiger partial charge is 0.166 e. The minimum Gasteiger partial charge on any atom is -0.496 e. The SMILES string of the molecule is COc1ccccc1-c1cc(CSc2nc(Cc3ccccc3)c(C)[nH]2)on1. The van der Waals surface area contributed by atoms with Gasteiger partial charge in [0.1, 0.15) is 17.2 Å². The van der Waals surface area contributed by atoms with Crippen LogP contribution in [0.15, 0.2) is 70.3 Å². The summed E-state index contributed by atoms with van der Waals surface area (Å²) in [5.74, 6) is 2.23. The molecule has 1 N–H and O–H groups in total. The summed E-state index contributed by atoms with van der Waals surface area (Å²) < 4.78 is 10.9.